The zero-order valence-corrected chi connectivity index (χ0v) is 19.6. The molecule has 0 aliphatic carbocycles. The molecule has 2 atom stereocenters. The number of carbonyl (C=O) groups is 1. The molecule has 1 fully saturated rings. The third-order valence-corrected chi connectivity index (χ3v) is 8.41. The number of aliphatic hydroxyl groups is 1. The number of aliphatic hydroxyl groups excluding tert-OH is 1. The number of nitrogens with one attached hydrogen (secondary N) is 1. The lowest BCUT2D eigenvalue weighted by atomic mass is 9.99. The molecule has 0 bridgehead atoms. The van der Waals surface area contributed by atoms with Crippen molar-refractivity contribution >= 4 is 26.8 Å². The number of benzene rings is 1. The van der Waals surface area contributed by atoms with Gasteiger partial charge in [0.05, 0.1) is 11.6 Å². The van der Waals surface area contributed by atoms with Gasteiger partial charge < -0.3 is 15.0 Å². The van der Waals surface area contributed by atoms with E-state index in [1.807, 2.05) is 6.92 Å². The second-order valence-corrected chi connectivity index (χ2v) is 10.4. The van der Waals surface area contributed by atoms with Crippen LogP contribution in [0.15, 0.2) is 41.4 Å². The third-order valence-electron chi connectivity index (χ3n) is 6.43. The zero-order chi connectivity index (χ0) is 23.9. The summed E-state index contributed by atoms with van der Waals surface area (Å²) in [5.41, 5.74) is 1.52. The fourth-order valence-electron chi connectivity index (χ4n) is 4.23. The molecule has 8 nitrogen and oxygen atoms in total. The van der Waals surface area contributed by atoms with Crippen LogP contribution in [0, 0.1) is 18.7 Å². The maximum Gasteiger partial charge on any atom is 0.268 e. The van der Waals surface area contributed by atoms with Gasteiger partial charge in [0.1, 0.15) is 16.4 Å². The summed E-state index contributed by atoms with van der Waals surface area (Å²) in [6.45, 7) is 3.82. The quantitative estimate of drug-likeness (QED) is 0.591. The van der Waals surface area contributed by atoms with Gasteiger partial charge >= 0.3 is 0 Å². The second kappa shape index (κ2) is 8.85. The molecule has 1 aliphatic heterocycles. The van der Waals surface area contributed by atoms with Crippen molar-refractivity contribution in [2.45, 2.75) is 37.8 Å². The van der Waals surface area contributed by atoms with Gasteiger partial charge in [-0.2, -0.15) is 4.31 Å². The van der Waals surface area contributed by atoms with Crippen molar-refractivity contribution in [3.05, 3.63) is 59.3 Å². The average Bonchev–Trinajstić information content (AvgIpc) is 3.10. The number of fused-ring (bicyclic) bond motifs is 1. The summed E-state index contributed by atoms with van der Waals surface area (Å²) in [6, 6.07) is 7.68. The van der Waals surface area contributed by atoms with E-state index in [2.05, 4.69) is 10.3 Å². The molecule has 1 aromatic carbocycles. The van der Waals surface area contributed by atoms with Crippen LogP contribution in [0.5, 0.6) is 0 Å². The van der Waals surface area contributed by atoms with Crippen LogP contribution in [-0.4, -0.2) is 52.5 Å². The van der Waals surface area contributed by atoms with Crippen molar-refractivity contribution in [3.63, 3.8) is 0 Å². The SMILES string of the molecule is Cc1c(S(=O)(=O)N2CC[C@H](O)[C@@H](C)C2)cc(C(=O)NCc2c(F)ccc3ncccc23)n1C. The lowest BCUT2D eigenvalue weighted by Crippen LogP contribution is -2.44. The molecule has 33 heavy (non-hydrogen) atoms. The number of carbonyl (C=O) groups excluding carboxylic acids is 1. The number of aromatic nitrogens is 2. The lowest BCUT2D eigenvalue weighted by Gasteiger charge is -2.33. The Kier molecular flexibility index (Phi) is 6.26. The minimum Gasteiger partial charge on any atom is -0.393 e. The largest absolute Gasteiger partial charge is 0.393 e. The maximum atomic E-state index is 14.5. The molecule has 0 spiro atoms. The molecule has 10 heteroatoms. The van der Waals surface area contributed by atoms with Crippen LogP contribution in [0.25, 0.3) is 10.9 Å². The Morgan fingerprint density at radius 3 is 2.82 bits per heavy atom. The Bertz CT molecular complexity index is 1320. The number of piperidine rings is 1. The number of rotatable bonds is 5. The number of halogens is 1. The first-order chi connectivity index (χ1) is 15.6. The van der Waals surface area contributed by atoms with Crippen molar-refractivity contribution in [3.8, 4) is 0 Å². The summed E-state index contributed by atoms with van der Waals surface area (Å²) in [7, 11) is -2.21. The summed E-state index contributed by atoms with van der Waals surface area (Å²) < 4.78 is 43.9. The highest BCUT2D eigenvalue weighted by atomic mass is 32.2. The van der Waals surface area contributed by atoms with Crippen molar-refractivity contribution < 1.29 is 22.7 Å². The van der Waals surface area contributed by atoms with Gasteiger partial charge in [0, 0.05) is 49.5 Å². The fraction of sp³-hybridized carbons (Fsp3) is 0.391. The van der Waals surface area contributed by atoms with Crippen molar-refractivity contribution in [1.29, 1.82) is 0 Å². The number of hydrogen-bond acceptors (Lipinski definition) is 5. The fourth-order valence-corrected chi connectivity index (χ4v) is 6.05. The van der Waals surface area contributed by atoms with Crippen LogP contribution >= 0.6 is 0 Å². The topological polar surface area (TPSA) is 105 Å². The second-order valence-electron chi connectivity index (χ2n) is 8.51. The molecule has 0 unspecified atom stereocenters. The Hall–Kier alpha value is -2.82. The molecule has 2 N–H and O–H groups in total. The summed E-state index contributed by atoms with van der Waals surface area (Å²) in [5, 5.41) is 13.2. The monoisotopic (exact) mass is 474 g/mol. The molecule has 1 saturated heterocycles. The summed E-state index contributed by atoms with van der Waals surface area (Å²) in [6.07, 6.45) is 1.45. The summed E-state index contributed by atoms with van der Waals surface area (Å²) >= 11 is 0. The Balaban J connectivity index is 1.58. The van der Waals surface area contributed by atoms with Gasteiger partial charge in [-0.25, -0.2) is 12.8 Å². The van der Waals surface area contributed by atoms with E-state index in [1.165, 1.54) is 21.0 Å². The van der Waals surface area contributed by atoms with E-state index < -0.39 is 27.9 Å². The lowest BCUT2D eigenvalue weighted by molar-refractivity contribution is 0.0628. The highest BCUT2D eigenvalue weighted by Gasteiger charge is 2.35. The van der Waals surface area contributed by atoms with Crippen LogP contribution in [0.1, 0.15) is 35.1 Å². The van der Waals surface area contributed by atoms with Crippen LogP contribution in [0.3, 0.4) is 0 Å². The van der Waals surface area contributed by atoms with Gasteiger partial charge in [-0.3, -0.25) is 9.78 Å². The predicted octanol–water partition coefficient (Wildman–Crippen LogP) is 2.34. The molecule has 176 valence electrons. The van der Waals surface area contributed by atoms with E-state index in [4.69, 9.17) is 0 Å². The van der Waals surface area contributed by atoms with E-state index in [-0.39, 0.29) is 36.1 Å². The third kappa shape index (κ3) is 4.25. The van der Waals surface area contributed by atoms with Gasteiger partial charge in [0.2, 0.25) is 10.0 Å². The van der Waals surface area contributed by atoms with Gasteiger partial charge in [-0.1, -0.05) is 13.0 Å². The molecule has 3 heterocycles. The van der Waals surface area contributed by atoms with Gasteiger partial charge in [-0.15, -0.1) is 0 Å². The normalized spacial score (nSPS) is 19.7. The van der Waals surface area contributed by atoms with Gasteiger partial charge in [0.15, 0.2) is 0 Å². The Morgan fingerprint density at radius 2 is 2.09 bits per heavy atom. The van der Waals surface area contributed by atoms with Crippen LogP contribution < -0.4 is 5.32 Å². The number of hydrogen-bond donors (Lipinski definition) is 2. The smallest absolute Gasteiger partial charge is 0.268 e. The zero-order valence-electron chi connectivity index (χ0n) is 18.7. The van der Waals surface area contributed by atoms with E-state index in [0.717, 1.165) is 0 Å². The van der Waals surface area contributed by atoms with E-state index in [1.54, 1.807) is 38.4 Å². The molecule has 4 rings (SSSR count). The number of pyridine rings is 1. The van der Waals surface area contributed by atoms with Gasteiger partial charge in [0.25, 0.3) is 5.91 Å². The van der Waals surface area contributed by atoms with Crippen molar-refractivity contribution in [1.82, 2.24) is 19.2 Å². The van der Waals surface area contributed by atoms with Crippen LogP contribution in [0.2, 0.25) is 0 Å². The Morgan fingerprint density at radius 1 is 1.33 bits per heavy atom. The molecule has 2 aromatic heterocycles. The number of sulfonamides is 1. The number of nitrogens with zero attached hydrogens (tertiary/aromatic N) is 3. The highest BCUT2D eigenvalue weighted by Crippen LogP contribution is 2.28. The summed E-state index contributed by atoms with van der Waals surface area (Å²) in [5.74, 6) is -1.14. The molecular weight excluding hydrogens is 447 g/mol. The van der Waals surface area contributed by atoms with Gasteiger partial charge in [-0.05, 0) is 43.5 Å². The van der Waals surface area contributed by atoms with E-state index >= 15 is 0 Å². The molecular formula is C23H27FN4O4S. The molecule has 3 aromatic rings. The van der Waals surface area contributed by atoms with Crippen LogP contribution in [-0.2, 0) is 23.6 Å². The standard InChI is InChI=1S/C23H27FN4O4S/c1-14-13-28(10-8-21(14)29)33(31,32)22-11-20(27(3)15(22)2)23(30)26-12-17-16-5-4-9-25-19(16)7-6-18(17)24/h4-7,9,11,14,21,29H,8,10,12-13H2,1-3H3,(H,26,30)/t14-,21-/m0/s1. The van der Waals surface area contributed by atoms with E-state index in [0.29, 0.717) is 28.6 Å². The maximum absolute atomic E-state index is 14.5. The molecule has 0 radical (unpaired) electrons. The highest BCUT2D eigenvalue weighted by molar-refractivity contribution is 7.89. The first kappa shape index (κ1) is 23.3. The molecule has 1 aliphatic rings. The Labute approximate surface area is 192 Å². The first-order valence-corrected chi connectivity index (χ1v) is 12.2. The minimum absolute atomic E-state index is 0.0549. The predicted molar refractivity (Wildman–Crippen MR) is 122 cm³/mol. The number of amides is 1. The van der Waals surface area contributed by atoms with Crippen LogP contribution in [0.4, 0.5) is 4.39 Å². The molecule has 1 amide bonds. The van der Waals surface area contributed by atoms with Crippen molar-refractivity contribution in [2.75, 3.05) is 13.1 Å². The summed E-state index contributed by atoms with van der Waals surface area (Å²) in [4.78, 5) is 17.2. The average molecular weight is 475 g/mol. The minimum atomic E-state index is -3.83. The van der Waals surface area contributed by atoms with E-state index in [9.17, 15) is 22.7 Å². The molecule has 0 saturated carbocycles. The first-order valence-electron chi connectivity index (χ1n) is 10.8. The van der Waals surface area contributed by atoms with Crippen molar-refractivity contribution in [2.24, 2.45) is 13.0 Å².